The summed E-state index contributed by atoms with van der Waals surface area (Å²) in [5.41, 5.74) is 1.43. The Balaban J connectivity index is 1.65. The maximum Gasteiger partial charge on any atom is 0.191 e. The first-order valence-electron chi connectivity index (χ1n) is 11.5. The van der Waals surface area contributed by atoms with Gasteiger partial charge in [-0.25, -0.2) is 0 Å². The van der Waals surface area contributed by atoms with Crippen LogP contribution in [0.2, 0.25) is 0 Å². The van der Waals surface area contributed by atoms with Crippen LogP contribution in [0.5, 0.6) is 11.5 Å². The quantitative estimate of drug-likeness (QED) is 0.502. The maximum atomic E-state index is 5.59. The number of aliphatic imine (C=N–C) groups is 1. The summed E-state index contributed by atoms with van der Waals surface area (Å²) in [6.07, 6.45) is 7.47. The van der Waals surface area contributed by atoms with Crippen molar-refractivity contribution < 1.29 is 9.47 Å². The zero-order valence-corrected chi connectivity index (χ0v) is 19.3. The van der Waals surface area contributed by atoms with Crippen LogP contribution in [0.4, 0.5) is 0 Å². The summed E-state index contributed by atoms with van der Waals surface area (Å²) in [5, 5.41) is 7.22. The predicted octanol–water partition coefficient (Wildman–Crippen LogP) is 3.41. The van der Waals surface area contributed by atoms with Crippen molar-refractivity contribution in [3.05, 3.63) is 23.8 Å². The average molecular weight is 417 g/mol. The van der Waals surface area contributed by atoms with E-state index in [4.69, 9.17) is 9.47 Å². The van der Waals surface area contributed by atoms with Crippen LogP contribution >= 0.6 is 0 Å². The van der Waals surface area contributed by atoms with Gasteiger partial charge in [-0.3, -0.25) is 4.99 Å². The number of benzene rings is 1. The topological polar surface area (TPSA) is 58.1 Å². The molecular formula is C24H40N4O2. The Hall–Kier alpha value is -1.95. The molecule has 3 rings (SSSR count). The fourth-order valence-corrected chi connectivity index (χ4v) is 5.04. The van der Waals surface area contributed by atoms with Crippen LogP contribution in [0.1, 0.15) is 51.0 Å². The second-order valence-corrected chi connectivity index (χ2v) is 8.77. The van der Waals surface area contributed by atoms with Crippen molar-refractivity contribution in [1.29, 1.82) is 0 Å². The lowest BCUT2D eigenvalue weighted by molar-refractivity contribution is 0.288. The van der Waals surface area contributed by atoms with Crippen LogP contribution in [0.15, 0.2) is 23.2 Å². The largest absolute Gasteiger partial charge is 0.493 e. The molecule has 0 bridgehead atoms. The summed E-state index contributed by atoms with van der Waals surface area (Å²) in [4.78, 5) is 7.02. The van der Waals surface area contributed by atoms with Gasteiger partial charge in [-0.05, 0) is 56.0 Å². The van der Waals surface area contributed by atoms with Crippen LogP contribution in [-0.4, -0.2) is 64.9 Å². The van der Waals surface area contributed by atoms with Gasteiger partial charge in [-0.15, -0.1) is 0 Å². The summed E-state index contributed by atoms with van der Waals surface area (Å²) in [5.74, 6) is 3.22. The minimum absolute atomic E-state index is 0.0990. The van der Waals surface area contributed by atoms with Crippen molar-refractivity contribution in [3.63, 3.8) is 0 Å². The fraction of sp³-hybridized carbons (Fsp3) is 0.708. The van der Waals surface area contributed by atoms with Crippen molar-refractivity contribution in [1.82, 2.24) is 15.5 Å². The molecule has 168 valence electrons. The Labute approximate surface area is 182 Å². The van der Waals surface area contributed by atoms with Crippen LogP contribution in [0.25, 0.3) is 0 Å². The fourth-order valence-electron chi connectivity index (χ4n) is 5.04. The third kappa shape index (κ3) is 5.39. The highest BCUT2D eigenvalue weighted by atomic mass is 16.5. The van der Waals surface area contributed by atoms with E-state index in [9.17, 15) is 0 Å². The summed E-state index contributed by atoms with van der Waals surface area (Å²) in [6.45, 7) is 7.67. The van der Waals surface area contributed by atoms with Gasteiger partial charge in [0.05, 0.1) is 14.2 Å². The van der Waals surface area contributed by atoms with Gasteiger partial charge >= 0.3 is 0 Å². The third-order valence-electron chi connectivity index (χ3n) is 7.00. The van der Waals surface area contributed by atoms with E-state index in [-0.39, 0.29) is 5.41 Å². The number of hydrogen-bond donors (Lipinski definition) is 2. The minimum Gasteiger partial charge on any atom is -0.493 e. The van der Waals surface area contributed by atoms with Gasteiger partial charge in [0.25, 0.3) is 0 Å². The molecule has 1 saturated carbocycles. The Kier molecular flexibility index (Phi) is 8.25. The van der Waals surface area contributed by atoms with E-state index >= 15 is 0 Å². The van der Waals surface area contributed by atoms with Crippen molar-refractivity contribution >= 4 is 5.96 Å². The number of nitrogens with one attached hydrogen (secondary N) is 2. The van der Waals surface area contributed by atoms with Gasteiger partial charge in [-0.1, -0.05) is 32.3 Å². The normalized spacial score (nSPS) is 22.0. The Morgan fingerprint density at radius 3 is 2.53 bits per heavy atom. The van der Waals surface area contributed by atoms with Crippen LogP contribution in [-0.2, 0) is 5.41 Å². The molecule has 2 N–H and O–H groups in total. The first-order valence-corrected chi connectivity index (χ1v) is 11.5. The van der Waals surface area contributed by atoms with Crippen LogP contribution < -0.4 is 20.1 Å². The highest BCUT2D eigenvalue weighted by molar-refractivity contribution is 5.79. The Morgan fingerprint density at radius 2 is 1.90 bits per heavy atom. The molecule has 0 radical (unpaired) electrons. The van der Waals surface area contributed by atoms with E-state index in [0.29, 0.717) is 5.92 Å². The molecule has 6 heteroatoms. The smallest absolute Gasteiger partial charge is 0.191 e. The summed E-state index contributed by atoms with van der Waals surface area (Å²) >= 11 is 0. The highest BCUT2D eigenvalue weighted by Gasteiger charge is 2.35. The van der Waals surface area contributed by atoms with Crippen molar-refractivity contribution in [2.24, 2.45) is 10.9 Å². The lowest BCUT2D eigenvalue weighted by Crippen LogP contribution is -2.47. The molecule has 1 saturated heterocycles. The SMILES string of the molecule is CCN1CCC(CNC(=NC)NCC2(c3ccc(OC)c(OC)c3)CCCCC2)C1. The van der Waals surface area contributed by atoms with Gasteiger partial charge in [-0.2, -0.15) is 0 Å². The number of nitrogens with zero attached hydrogens (tertiary/aromatic N) is 2. The molecule has 0 aromatic heterocycles. The van der Waals surface area contributed by atoms with E-state index in [1.54, 1.807) is 14.2 Å². The van der Waals surface area contributed by atoms with Crippen LogP contribution in [0, 0.1) is 5.92 Å². The number of hydrogen-bond acceptors (Lipinski definition) is 4. The summed E-state index contributed by atoms with van der Waals surface area (Å²) in [6, 6.07) is 6.42. The van der Waals surface area contributed by atoms with E-state index in [1.807, 2.05) is 13.1 Å². The first kappa shape index (κ1) is 22.7. The minimum atomic E-state index is 0.0990. The molecule has 30 heavy (non-hydrogen) atoms. The number of ether oxygens (including phenoxy) is 2. The second kappa shape index (κ2) is 10.9. The number of rotatable bonds is 8. The molecule has 2 fully saturated rings. The van der Waals surface area contributed by atoms with Gasteiger partial charge < -0.3 is 25.0 Å². The van der Waals surface area contributed by atoms with E-state index in [0.717, 1.165) is 37.1 Å². The van der Waals surface area contributed by atoms with Gasteiger partial charge in [0.15, 0.2) is 17.5 Å². The molecule has 1 aromatic rings. The Morgan fingerprint density at radius 1 is 1.13 bits per heavy atom. The van der Waals surface area contributed by atoms with Crippen molar-refractivity contribution in [2.45, 2.75) is 50.9 Å². The third-order valence-corrected chi connectivity index (χ3v) is 7.00. The molecule has 1 aliphatic heterocycles. The van der Waals surface area contributed by atoms with Crippen molar-refractivity contribution in [2.75, 3.05) is 54.0 Å². The molecule has 1 atom stereocenters. The van der Waals surface area contributed by atoms with Gasteiger partial charge in [0.1, 0.15) is 0 Å². The molecular weight excluding hydrogens is 376 g/mol. The van der Waals surface area contributed by atoms with Gasteiger partial charge in [0, 0.05) is 32.1 Å². The first-order chi connectivity index (χ1) is 14.6. The maximum absolute atomic E-state index is 5.59. The second-order valence-electron chi connectivity index (χ2n) is 8.77. The van der Waals surface area contributed by atoms with E-state index in [1.165, 1.54) is 57.2 Å². The highest BCUT2D eigenvalue weighted by Crippen LogP contribution is 2.42. The molecule has 2 aliphatic rings. The standard InChI is InChI=1S/C24H40N4O2/c1-5-28-14-11-19(17-28)16-26-23(25-2)27-18-24(12-7-6-8-13-24)20-9-10-21(29-3)22(15-20)30-4/h9-10,15,19H,5-8,11-14,16-18H2,1-4H3,(H2,25,26,27). The summed E-state index contributed by atoms with van der Waals surface area (Å²) < 4.78 is 11.0. The molecule has 1 aromatic carbocycles. The molecule has 6 nitrogen and oxygen atoms in total. The molecule has 1 unspecified atom stereocenters. The predicted molar refractivity (Wildman–Crippen MR) is 124 cm³/mol. The van der Waals surface area contributed by atoms with E-state index < -0.39 is 0 Å². The Bertz CT molecular complexity index is 700. The van der Waals surface area contributed by atoms with Gasteiger partial charge in [0.2, 0.25) is 0 Å². The monoisotopic (exact) mass is 416 g/mol. The molecule has 1 aliphatic carbocycles. The number of guanidine groups is 1. The van der Waals surface area contributed by atoms with Crippen LogP contribution in [0.3, 0.4) is 0 Å². The number of likely N-dealkylation sites (tertiary alicyclic amines) is 1. The lowest BCUT2D eigenvalue weighted by atomic mass is 9.69. The summed E-state index contributed by atoms with van der Waals surface area (Å²) in [7, 11) is 5.27. The zero-order valence-electron chi connectivity index (χ0n) is 19.3. The molecule has 0 amide bonds. The van der Waals surface area contributed by atoms with Crippen molar-refractivity contribution in [3.8, 4) is 11.5 Å². The molecule has 0 spiro atoms. The number of methoxy groups -OCH3 is 2. The van der Waals surface area contributed by atoms with E-state index in [2.05, 4.69) is 39.6 Å². The lowest BCUT2D eigenvalue weighted by Gasteiger charge is -2.38. The molecule has 1 heterocycles. The average Bonchev–Trinajstić information content (AvgIpc) is 3.27. The zero-order chi connectivity index (χ0) is 21.4.